The first-order valence-corrected chi connectivity index (χ1v) is 15.1. The molecule has 0 aliphatic carbocycles. The molecule has 7 nitrogen and oxygen atoms in total. The number of hydrogen-bond acceptors (Lipinski definition) is 7. The van der Waals surface area contributed by atoms with Gasteiger partial charge in [0.1, 0.15) is 57.1 Å². The molecule has 0 fully saturated rings. The maximum absolute atomic E-state index is 14.5. The Morgan fingerprint density at radius 1 is 0.975 bits per heavy atom. The third-order valence-electron chi connectivity index (χ3n) is 7.35. The fourth-order valence-electron chi connectivity index (χ4n) is 5.17. The van der Waals surface area contributed by atoms with E-state index in [1.54, 1.807) is 6.07 Å². The van der Waals surface area contributed by atoms with Crippen molar-refractivity contribution in [2.45, 2.75) is 11.2 Å². The second-order valence-corrected chi connectivity index (χ2v) is 13.2. The number of halogens is 1. The summed E-state index contributed by atoms with van der Waals surface area (Å²) in [4.78, 5) is 13.2. The zero-order chi connectivity index (χ0) is 29.4. The molecule has 1 atom stereocenters. The molecule has 0 amide bonds. The molecule has 2 N–H and O–H groups in total. The lowest BCUT2D eigenvalue weighted by Gasteiger charge is -2.34. The molecule has 0 radical (unpaired) electrons. The molecule has 0 saturated carbocycles. The highest BCUT2D eigenvalue weighted by molar-refractivity contribution is 7.90. The van der Waals surface area contributed by atoms with Gasteiger partial charge in [-0.25, -0.2) is 18.6 Å². The zero-order valence-electron chi connectivity index (χ0n) is 24.3. The van der Waals surface area contributed by atoms with Gasteiger partial charge in [0.2, 0.25) is 5.95 Å². The first kappa shape index (κ1) is 29.6. The molecule has 0 saturated heterocycles. The van der Waals surface area contributed by atoms with Gasteiger partial charge in [-0.1, -0.05) is 23.1 Å². The lowest BCUT2D eigenvalue weighted by atomic mass is 9.51. The van der Waals surface area contributed by atoms with E-state index in [1.807, 2.05) is 40.0 Å². The van der Waals surface area contributed by atoms with Gasteiger partial charge >= 0.3 is 0 Å². The van der Waals surface area contributed by atoms with E-state index in [1.165, 1.54) is 41.1 Å². The van der Waals surface area contributed by atoms with Crippen molar-refractivity contribution in [3.63, 3.8) is 0 Å². The summed E-state index contributed by atoms with van der Waals surface area (Å²) in [6.45, 7) is 0. The van der Waals surface area contributed by atoms with Crippen molar-refractivity contribution in [2.75, 3.05) is 11.6 Å². The van der Waals surface area contributed by atoms with Crippen LogP contribution in [0.2, 0.25) is 0 Å². The summed E-state index contributed by atoms with van der Waals surface area (Å²) in [6, 6.07) is 11.6. The van der Waals surface area contributed by atoms with E-state index in [9.17, 15) is 8.60 Å². The molecule has 4 aromatic rings. The van der Waals surface area contributed by atoms with Crippen molar-refractivity contribution < 1.29 is 13.3 Å². The Morgan fingerprint density at radius 3 is 2.27 bits per heavy atom. The lowest BCUT2D eigenvalue weighted by Crippen LogP contribution is -2.60. The van der Waals surface area contributed by atoms with E-state index in [-0.39, 0.29) is 11.7 Å². The molecule has 0 spiro atoms. The highest BCUT2D eigenvalue weighted by Crippen LogP contribution is 2.32. The molecule has 16 heteroatoms. The van der Waals surface area contributed by atoms with Crippen LogP contribution in [0.15, 0.2) is 48.8 Å². The molecular formula is C24H29B7FN5O2S. The summed E-state index contributed by atoms with van der Waals surface area (Å²) in [5, 5.41) is 2.37. The second kappa shape index (κ2) is 11.2. The van der Waals surface area contributed by atoms with Crippen LogP contribution in [0.25, 0.3) is 11.4 Å². The third-order valence-corrected chi connectivity index (χ3v) is 8.23. The van der Waals surface area contributed by atoms with Crippen molar-refractivity contribution in [1.29, 1.82) is 4.78 Å². The van der Waals surface area contributed by atoms with Crippen LogP contribution in [-0.2, 0) is 20.9 Å². The quantitative estimate of drug-likeness (QED) is 0.214. The second-order valence-electron chi connectivity index (χ2n) is 10.9. The van der Waals surface area contributed by atoms with Gasteiger partial charge in [-0.15, -0.1) is 16.4 Å². The van der Waals surface area contributed by atoms with Crippen molar-refractivity contribution in [3.05, 3.63) is 65.7 Å². The van der Waals surface area contributed by atoms with E-state index in [2.05, 4.69) is 59.5 Å². The minimum absolute atomic E-state index is 0.149. The smallest absolute Gasteiger partial charge is 0.230 e. The SMILES string of the molecule is Bc1c(B)c(B)c(C(B)(B)Oc2cc(F)ccc2-c2ncnc(Nc3cccc(CS(C)(=N)=O)c3)n2)c(B)c1B. The van der Waals surface area contributed by atoms with Crippen molar-refractivity contribution in [3.8, 4) is 17.1 Å². The predicted molar refractivity (Wildman–Crippen MR) is 182 cm³/mol. The number of aromatic nitrogens is 3. The topological polar surface area (TPSA) is 101 Å². The van der Waals surface area contributed by atoms with E-state index in [0.717, 1.165) is 22.1 Å². The molecule has 3 aromatic carbocycles. The standard InChI is InChI=1S/C24H29B7FN5O2S/c1-40(33,38)9-11-3-2-4-13(7-11)36-23-35-10-34-22(37-23)14-6-5-12(32)8-15(14)39-24(30,31)16-17(25)19(27)21(29)20(28)18(16)26/h2-8,10,33H,9,25-31H2,1H3,(H,34,35,36,37). The van der Waals surface area contributed by atoms with Gasteiger partial charge in [-0.05, 0) is 35.4 Å². The van der Waals surface area contributed by atoms with Crippen LogP contribution >= 0.6 is 0 Å². The summed E-state index contributed by atoms with van der Waals surface area (Å²) >= 11 is 0. The number of nitrogens with one attached hydrogen (secondary N) is 2. The van der Waals surface area contributed by atoms with Crippen molar-refractivity contribution >= 4 is 104 Å². The first-order valence-electron chi connectivity index (χ1n) is 13.0. The first-order chi connectivity index (χ1) is 18.7. The Hall–Kier alpha value is -3.40. The Bertz CT molecular complexity index is 1700. The van der Waals surface area contributed by atoms with E-state index >= 15 is 0 Å². The largest absolute Gasteiger partial charge is 0.500 e. The predicted octanol–water partition coefficient (Wildman–Crippen LogP) is -5.65. The van der Waals surface area contributed by atoms with Crippen LogP contribution in [0, 0.1) is 10.6 Å². The number of ether oxygens (including phenoxy) is 1. The Morgan fingerprint density at radius 2 is 1.62 bits per heavy atom. The van der Waals surface area contributed by atoms with Crippen LogP contribution in [0.1, 0.15) is 11.1 Å². The zero-order valence-corrected chi connectivity index (χ0v) is 25.1. The monoisotopic (exact) mass is 547 g/mol. The molecular weight excluding hydrogens is 517 g/mol. The normalized spacial score (nSPS) is 12.9. The van der Waals surface area contributed by atoms with Gasteiger partial charge in [0.15, 0.2) is 21.5 Å². The Kier molecular flexibility index (Phi) is 8.31. The summed E-state index contributed by atoms with van der Waals surface area (Å²) in [5.74, 6) is 0.663. The number of nitrogens with zero attached hydrogens (tertiary/aromatic N) is 3. The summed E-state index contributed by atoms with van der Waals surface area (Å²) in [6.07, 6.45) is 2.80. The molecule has 1 unspecified atom stereocenters. The molecule has 0 bridgehead atoms. The minimum Gasteiger partial charge on any atom is -0.500 e. The van der Waals surface area contributed by atoms with Gasteiger partial charge < -0.3 is 10.1 Å². The maximum atomic E-state index is 14.5. The van der Waals surface area contributed by atoms with E-state index < -0.39 is 20.9 Å². The molecule has 40 heavy (non-hydrogen) atoms. The van der Waals surface area contributed by atoms with Crippen LogP contribution in [-0.4, -0.2) is 80.3 Å². The number of benzene rings is 3. The molecule has 196 valence electrons. The van der Waals surface area contributed by atoms with E-state index in [4.69, 9.17) is 9.52 Å². The molecule has 0 aliphatic rings. The fraction of sp³-hybridized carbons (Fsp3) is 0.125. The minimum atomic E-state index is -2.68. The lowest BCUT2D eigenvalue weighted by molar-refractivity contribution is 0.247. The Labute approximate surface area is 241 Å². The van der Waals surface area contributed by atoms with Crippen LogP contribution in [0.3, 0.4) is 0 Å². The van der Waals surface area contributed by atoms with Gasteiger partial charge in [0.25, 0.3) is 0 Å². The van der Waals surface area contributed by atoms with Crippen LogP contribution in [0.4, 0.5) is 16.0 Å². The molecule has 1 heterocycles. The number of rotatable bonds is 8. The highest BCUT2D eigenvalue weighted by Gasteiger charge is 2.29. The highest BCUT2D eigenvalue weighted by atomic mass is 32.2. The summed E-state index contributed by atoms with van der Waals surface area (Å²) in [7, 11) is 11.9. The van der Waals surface area contributed by atoms with Gasteiger partial charge in [0.05, 0.1) is 16.7 Å². The summed E-state index contributed by atoms with van der Waals surface area (Å²) in [5.41, 5.74) is 9.07. The van der Waals surface area contributed by atoms with Crippen LogP contribution < -0.4 is 37.4 Å². The maximum Gasteiger partial charge on any atom is 0.230 e. The van der Waals surface area contributed by atoms with Crippen molar-refractivity contribution in [2.24, 2.45) is 0 Å². The molecule has 1 aromatic heterocycles. The fourth-order valence-corrected chi connectivity index (χ4v) is 5.98. The molecule has 0 aliphatic heterocycles. The number of anilines is 2. The van der Waals surface area contributed by atoms with Gasteiger partial charge in [0, 0.05) is 27.7 Å². The average Bonchev–Trinajstić information content (AvgIpc) is 2.85. The van der Waals surface area contributed by atoms with Gasteiger partial charge in [-0.2, -0.15) is 4.98 Å². The average molecular weight is 546 g/mol. The van der Waals surface area contributed by atoms with Crippen molar-refractivity contribution in [1.82, 2.24) is 15.0 Å². The van der Waals surface area contributed by atoms with E-state index in [0.29, 0.717) is 22.8 Å². The Balaban J connectivity index is 1.70. The van der Waals surface area contributed by atoms with Crippen LogP contribution in [0.5, 0.6) is 5.75 Å². The van der Waals surface area contributed by atoms with Gasteiger partial charge in [-0.3, -0.25) is 4.78 Å². The third kappa shape index (κ3) is 6.49. The number of hydrogen-bond donors (Lipinski definition) is 2. The summed E-state index contributed by atoms with van der Waals surface area (Å²) < 4.78 is 40.8. The molecule has 4 rings (SSSR count).